The lowest BCUT2D eigenvalue weighted by Gasteiger charge is -2.35. The van der Waals surface area contributed by atoms with Crippen LogP contribution in [0.1, 0.15) is 35.3 Å². The summed E-state index contributed by atoms with van der Waals surface area (Å²) in [6.07, 6.45) is 5.76. The molecule has 0 aliphatic carbocycles. The molecule has 7 heteroatoms. The number of pyridine rings is 1. The van der Waals surface area contributed by atoms with Crippen LogP contribution in [-0.2, 0) is 17.8 Å². The first-order valence-corrected chi connectivity index (χ1v) is 10.3. The molecule has 1 aliphatic rings. The van der Waals surface area contributed by atoms with Crippen molar-refractivity contribution in [1.82, 2.24) is 25.0 Å². The molecule has 0 radical (unpaired) electrons. The molecular weight excluding hydrogens is 378 g/mol. The highest BCUT2D eigenvalue weighted by Crippen LogP contribution is 2.15. The smallest absolute Gasteiger partial charge is 0.251 e. The van der Waals surface area contributed by atoms with E-state index in [0.29, 0.717) is 17.9 Å². The van der Waals surface area contributed by atoms with Gasteiger partial charge in [-0.25, -0.2) is 9.67 Å². The van der Waals surface area contributed by atoms with E-state index in [1.165, 1.54) is 5.56 Å². The number of benzene rings is 1. The van der Waals surface area contributed by atoms with Gasteiger partial charge in [-0.1, -0.05) is 18.2 Å². The summed E-state index contributed by atoms with van der Waals surface area (Å²) in [4.78, 5) is 19.4. The maximum atomic E-state index is 12.6. The molecule has 2 unspecified atom stereocenters. The Bertz CT molecular complexity index is 962. The summed E-state index contributed by atoms with van der Waals surface area (Å²) >= 11 is 0. The number of nitrogens with one attached hydrogen (secondary N) is 1. The maximum Gasteiger partial charge on any atom is 0.251 e. The number of morpholine rings is 1. The van der Waals surface area contributed by atoms with Crippen LogP contribution in [0.5, 0.6) is 0 Å². The van der Waals surface area contributed by atoms with Gasteiger partial charge in [0.15, 0.2) is 5.82 Å². The third-order valence-corrected chi connectivity index (χ3v) is 5.15. The van der Waals surface area contributed by atoms with Crippen LogP contribution >= 0.6 is 0 Å². The van der Waals surface area contributed by atoms with Gasteiger partial charge >= 0.3 is 0 Å². The van der Waals surface area contributed by atoms with Crippen LogP contribution in [0.2, 0.25) is 0 Å². The van der Waals surface area contributed by atoms with E-state index in [9.17, 15) is 4.79 Å². The van der Waals surface area contributed by atoms with Crippen molar-refractivity contribution >= 4 is 5.91 Å². The molecule has 3 heterocycles. The summed E-state index contributed by atoms with van der Waals surface area (Å²) < 4.78 is 7.49. The van der Waals surface area contributed by atoms with Gasteiger partial charge in [0.05, 0.1) is 12.2 Å². The Balaban J connectivity index is 1.36. The van der Waals surface area contributed by atoms with Crippen LogP contribution in [0.3, 0.4) is 0 Å². The van der Waals surface area contributed by atoms with Crippen molar-refractivity contribution in [2.75, 3.05) is 13.1 Å². The van der Waals surface area contributed by atoms with Gasteiger partial charge in [-0.2, -0.15) is 5.10 Å². The van der Waals surface area contributed by atoms with Crippen molar-refractivity contribution in [2.45, 2.75) is 39.1 Å². The van der Waals surface area contributed by atoms with Gasteiger partial charge in [0.1, 0.15) is 0 Å². The van der Waals surface area contributed by atoms with E-state index in [1.54, 1.807) is 17.1 Å². The number of nitrogens with zero attached hydrogens (tertiary/aromatic N) is 4. The number of ether oxygens (including phenoxy) is 1. The molecule has 1 N–H and O–H groups in total. The number of hydrogen-bond donors (Lipinski definition) is 1. The number of carbonyl (C=O) groups excluding carboxylic acids is 1. The van der Waals surface area contributed by atoms with Crippen LogP contribution in [0.4, 0.5) is 0 Å². The second-order valence-electron chi connectivity index (χ2n) is 7.77. The Morgan fingerprint density at radius 3 is 2.57 bits per heavy atom. The first-order valence-electron chi connectivity index (χ1n) is 10.3. The molecule has 2 atom stereocenters. The van der Waals surface area contributed by atoms with Gasteiger partial charge in [0.2, 0.25) is 0 Å². The van der Waals surface area contributed by atoms with Gasteiger partial charge in [0, 0.05) is 55.9 Å². The predicted molar refractivity (Wildman–Crippen MR) is 114 cm³/mol. The number of rotatable bonds is 6. The molecule has 4 rings (SSSR count). The number of aromatic nitrogens is 3. The molecule has 1 amide bonds. The van der Waals surface area contributed by atoms with Gasteiger partial charge in [-0.15, -0.1) is 0 Å². The zero-order valence-corrected chi connectivity index (χ0v) is 17.4. The van der Waals surface area contributed by atoms with E-state index in [-0.39, 0.29) is 18.1 Å². The molecule has 1 aliphatic heterocycles. The van der Waals surface area contributed by atoms with Crippen LogP contribution in [0.25, 0.3) is 5.82 Å². The second kappa shape index (κ2) is 9.19. The standard InChI is InChI=1S/C23H27N5O2/c1-17-14-27(15-18(2)30-17)16-19-6-8-20(9-7-19)23(29)25-13-21-5-3-10-24-22(21)28-12-4-11-26-28/h3-12,17-18H,13-16H2,1-2H3,(H,25,29). The fourth-order valence-electron chi connectivity index (χ4n) is 3.88. The zero-order chi connectivity index (χ0) is 20.9. The minimum absolute atomic E-state index is 0.106. The third-order valence-electron chi connectivity index (χ3n) is 5.15. The summed E-state index contributed by atoms with van der Waals surface area (Å²) in [6.45, 7) is 7.31. The molecule has 1 aromatic carbocycles. The summed E-state index contributed by atoms with van der Waals surface area (Å²) in [5, 5.41) is 7.21. The Morgan fingerprint density at radius 2 is 1.87 bits per heavy atom. The molecule has 1 fully saturated rings. The normalized spacial score (nSPS) is 19.5. The SMILES string of the molecule is CC1CN(Cc2ccc(C(=O)NCc3cccnc3-n3cccn3)cc2)CC(C)O1. The maximum absolute atomic E-state index is 12.6. The van der Waals surface area contributed by atoms with Crippen LogP contribution < -0.4 is 5.32 Å². The van der Waals surface area contributed by atoms with E-state index in [2.05, 4.69) is 34.1 Å². The lowest BCUT2D eigenvalue weighted by molar-refractivity contribution is -0.0704. The quantitative estimate of drug-likeness (QED) is 0.683. The number of carbonyl (C=O) groups is 1. The van der Waals surface area contributed by atoms with Crippen LogP contribution in [0, 0.1) is 0 Å². The van der Waals surface area contributed by atoms with E-state index < -0.39 is 0 Å². The van der Waals surface area contributed by atoms with Gasteiger partial charge < -0.3 is 10.1 Å². The lowest BCUT2D eigenvalue weighted by atomic mass is 10.1. The first-order chi connectivity index (χ1) is 14.6. The molecule has 0 saturated carbocycles. The minimum Gasteiger partial charge on any atom is -0.373 e. The molecule has 156 valence electrons. The average Bonchev–Trinajstić information content (AvgIpc) is 3.27. The van der Waals surface area contributed by atoms with Crippen LogP contribution in [0.15, 0.2) is 61.1 Å². The summed E-state index contributed by atoms with van der Waals surface area (Å²) in [5.74, 6) is 0.609. The number of amides is 1. The highest BCUT2D eigenvalue weighted by atomic mass is 16.5. The van der Waals surface area contributed by atoms with E-state index in [1.807, 2.05) is 48.7 Å². The molecular formula is C23H27N5O2. The topological polar surface area (TPSA) is 72.3 Å². The first kappa shape index (κ1) is 20.3. The average molecular weight is 406 g/mol. The molecule has 2 aromatic heterocycles. The zero-order valence-electron chi connectivity index (χ0n) is 17.4. The molecule has 1 saturated heterocycles. The van der Waals surface area contributed by atoms with Crippen LogP contribution in [-0.4, -0.2) is 50.9 Å². The van der Waals surface area contributed by atoms with E-state index >= 15 is 0 Å². The van der Waals surface area contributed by atoms with Crippen molar-refractivity contribution in [3.8, 4) is 5.82 Å². The summed E-state index contributed by atoms with van der Waals surface area (Å²) in [7, 11) is 0. The van der Waals surface area contributed by atoms with Gasteiger partial charge in [0.25, 0.3) is 5.91 Å². The van der Waals surface area contributed by atoms with Crippen molar-refractivity contribution in [3.63, 3.8) is 0 Å². The van der Waals surface area contributed by atoms with Crippen molar-refractivity contribution in [1.29, 1.82) is 0 Å². The van der Waals surface area contributed by atoms with E-state index in [4.69, 9.17) is 4.74 Å². The lowest BCUT2D eigenvalue weighted by Crippen LogP contribution is -2.44. The summed E-state index contributed by atoms with van der Waals surface area (Å²) in [6, 6.07) is 13.5. The van der Waals surface area contributed by atoms with Crippen molar-refractivity contribution in [3.05, 3.63) is 77.7 Å². The third kappa shape index (κ3) is 4.93. The summed E-state index contributed by atoms with van der Waals surface area (Å²) in [5.41, 5.74) is 2.75. The highest BCUT2D eigenvalue weighted by Gasteiger charge is 2.22. The molecule has 3 aromatic rings. The predicted octanol–water partition coefficient (Wildman–Crippen LogP) is 2.81. The van der Waals surface area contributed by atoms with E-state index in [0.717, 1.165) is 25.2 Å². The molecule has 30 heavy (non-hydrogen) atoms. The van der Waals surface area contributed by atoms with Gasteiger partial charge in [-0.05, 0) is 43.7 Å². The fourth-order valence-corrected chi connectivity index (χ4v) is 3.88. The highest BCUT2D eigenvalue weighted by molar-refractivity contribution is 5.94. The molecule has 0 spiro atoms. The second-order valence-corrected chi connectivity index (χ2v) is 7.77. The molecule has 0 bridgehead atoms. The Morgan fingerprint density at radius 1 is 1.10 bits per heavy atom. The number of hydrogen-bond acceptors (Lipinski definition) is 5. The fraction of sp³-hybridized carbons (Fsp3) is 0.348. The minimum atomic E-state index is -0.106. The molecule has 7 nitrogen and oxygen atoms in total. The van der Waals surface area contributed by atoms with Gasteiger partial charge in [-0.3, -0.25) is 9.69 Å². The Labute approximate surface area is 176 Å². The van der Waals surface area contributed by atoms with Crippen molar-refractivity contribution < 1.29 is 9.53 Å². The largest absolute Gasteiger partial charge is 0.373 e. The van der Waals surface area contributed by atoms with Crippen molar-refractivity contribution in [2.24, 2.45) is 0 Å². The Hall–Kier alpha value is -3.03. The monoisotopic (exact) mass is 405 g/mol. The Kier molecular flexibility index (Phi) is 6.21.